The summed E-state index contributed by atoms with van der Waals surface area (Å²) in [6.07, 6.45) is 3.11. The molecule has 4 aliphatic rings. The van der Waals surface area contributed by atoms with Crippen molar-refractivity contribution in [3.8, 4) is 17.2 Å². The molecule has 0 saturated carbocycles. The van der Waals surface area contributed by atoms with Gasteiger partial charge in [0.1, 0.15) is 5.75 Å². The van der Waals surface area contributed by atoms with E-state index in [0.29, 0.717) is 34.3 Å². The predicted octanol–water partition coefficient (Wildman–Crippen LogP) is 2.91. The molecule has 2 atom stereocenters. The van der Waals surface area contributed by atoms with Gasteiger partial charge < -0.3 is 23.7 Å². The zero-order valence-corrected chi connectivity index (χ0v) is 13.0. The molecule has 3 aliphatic heterocycles. The molecule has 0 amide bonds. The van der Waals surface area contributed by atoms with Crippen LogP contribution in [-0.2, 0) is 9.47 Å². The molecule has 0 radical (unpaired) electrons. The van der Waals surface area contributed by atoms with Crippen molar-refractivity contribution in [3.05, 3.63) is 53.5 Å². The molecule has 0 fully saturated rings. The van der Waals surface area contributed by atoms with Crippen LogP contribution >= 0.6 is 0 Å². The number of allylic oxidation sites excluding steroid dienone is 1. The highest BCUT2D eigenvalue weighted by atomic mass is 16.7. The number of ketones is 1. The third-order valence-electron chi connectivity index (χ3n) is 5.00. The number of carbonyl (C=O) groups is 1. The van der Waals surface area contributed by atoms with Crippen LogP contribution in [0.3, 0.4) is 0 Å². The number of ether oxygens (including phenoxy) is 5. The van der Waals surface area contributed by atoms with Gasteiger partial charge in [-0.3, -0.25) is 4.79 Å². The van der Waals surface area contributed by atoms with Gasteiger partial charge in [0.2, 0.25) is 13.6 Å². The van der Waals surface area contributed by atoms with Gasteiger partial charge in [0.25, 0.3) is 0 Å². The van der Waals surface area contributed by atoms with E-state index in [2.05, 4.69) is 0 Å². The summed E-state index contributed by atoms with van der Waals surface area (Å²) in [4.78, 5) is 13.3. The van der Waals surface area contributed by atoms with E-state index in [0.717, 1.165) is 10.8 Å². The SMILES string of the molecule is O=C1c2c(ccc3ccc4c(c23)OCO4)OC2C3=C(C=CC12)OCO3. The fourth-order valence-electron chi connectivity index (χ4n) is 3.86. The fourth-order valence-corrected chi connectivity index (χ4v) is 3.86. The lowest BCUT2D eigenvalue weighted by atomic mass is 9.83. The number of benzene rings is 2. The molecule has 0 aromatic heterocycles. The van der Waals surface area contributed by atoms with Gasteiger partial charge in [-0.25, -0.2) is 0 Å². The van der Waals surface area contributed by atoms with E-state index in [1.54, 1.807) is 6.08 Å². The van der Waals surface area contributed by atoms with E-state index in [1.807, 2.05) is 30.3 Å². The summed E-state index contributed by atoms with van der Waals surface area (Å²) >= 11 is 0. The number of rotatable bonds is 0. The van der Waals surface area contributed by atoms with Crippen LogP contribution in [0.5, 0.6) is 17.2 Å². The largest absolute Gasteiger partial charge is 0.480 e. The van der Waals surface area contributed by atoms with Crippen LogP contribution in [0.1, 0.15) is 10.4 Å². The Bertz CT molecular complexity index is 1020. The topological polar surface area (TPSA) is 63.2 Å². The van der Waals surface area contributed by atoms with Gasteiger partial charge in [0.15, 0.2) is 34.9 Å². The minimum Gasteiger partial charge on any atom is -0.480 e. The molecule has 124 valence electrons. The Kier molecular flexibility index (Phi) is 2.36. The Morgan fingerprint density at radius 1 is 0.920 bits per heavy atom. The van der Waals surface area contributed by atoms with Gasteiger partial charge in [0.05, 0.1) is 11.5 Å². The molecule has 0 bridgehead atoms. The van der Waals surface area contributed by atoms with Gasteiger partial charge in [-0.15, -0.1) is 0 Å². The van der Waals surface area contributed by atoms with E-state index in [1.165, 1.54) is 0 Å². The molecule has 0 saturated heterocycles. The highest BCUT2D eigenvalue weighted by Crippen LogP contribution is 2.47. The molecule has 2 aromatic rings. The monoisotopic (exact) mass is 336 g/mol. The van der Waals surface area contributed by atoms with Crippen molar-refractivity contribution in [1.29, 1.82) is 0 Å². The summed E-state index contributed by atoms with van der Waals surface area (Å²) < 4.78 is 28.2. The number of hydrogen-bond donors (Lipinski definition) is 0. The number of Topliss-reactive ketones (excluding diaryl/α,β-unsaturated/α-hetero) is 1. The average Bonchev–Trinajstić information content (AvgIpc) is 3.30. The van der Waals surface area contributed by atoms with Gasteiger partial charge >= 0.3 is 0 Å². The first-order chi connectivity index (χ1) is 12.3. The first kappa shape index (κ1) is 13.2. The predicted molar refractivity (Wildman–Crippen MR) is 85.5 cm³/mol. The van der Waals surface area contributed by atoms with Crippen molar-refractivity contribution in [2.75, 3.05) is 13.6 Å². The van der Waals surface area contributed by atoms with Gasteiger partial charge in [-0.1, -0.05) is 18.2 Å². The van der Waals surface area contributed by atoms with Crippen molar-refractivity contribution in [2.24, 2.45) is 5.92 Å². The molecule has 0 spiro atoms. The van der Waals surface area contributed by atoms with E-state index in [9.17, 15) is 4.79 Å². The molecular formula is C19H12O6. The highest BCUT2D eigenvalue weighted by molar-refractivity contribution is 6.15. The normalized spacial score (nSPS) is 25.0. The molecular weight excluding hydrogens is 324 g/mol. The van der Waals surface area contributed by atoms with Crippen molar-refractivity contribution in [3.63, 3.8) is 0 Å². The third kappa shape index (κ3) is 1.61. The van der Waals surface area contributed by atoms with Crippen molar-refractivity contribution in [1.82, 2.24) is 0 Å². The first-order valence-electron chi connectivity index (χ1n) is 8.05. The van der Waals surface area contributed by atoms with Crippen LogP contribution in [0, 0.1) is 5.92 Å². The Hall–Kier alpha value is -3.15. The summed E-state index contributed by atoms with van der Waals surface area (Å²) in [7, 11) is 0. The lowest BCUT2D eigenvalue weighted by Gasteiger charge is -2.33. The second kappa shape index (κ2) is 4.47. The van der Waals surface area contributed by atoms with Crippen LogP contribution in [0.2, 0.25) is 0 Å². The zero-order chi connectivity index (χ0) is 16.5. The molecule has 6 heteroatoms. The summed E-state index contributed by atoms with van der Waals surface area (Å²) in [6.45, 7) is 0.305. The van der Waals surface area contributed by atoms with Crippen LogP contribution in [0.25, 0.3) is 10.8 Å². The van der Waals surface area contributed by atoms with Crippen molar-refractivity contribution in [2.45, 2.75) is 6.10 Å². The molecule has 0 N–H and O–H groups in total. The standard InChI is InChI=1S/C19H12O6/c20-16-10-3-6-13-19(24-8-22-13)17(10)25-11-4-1-9-2-5-12-18(23-7-21-12)14(9)15(11)16/h1-6,10,17H,7-8H2. The molecule has 2 unspecified atom stereocenters. The van der Waals surface area contributed by atoms with Crippen molar-refractivity contribution < 1.29 is 28.5 Å². The summed E-state index contributed by atoms with van der Waals surface area (Å²) in [5, 5.41) is 1.66. The average molecular weight is 336 g/mol. The molecule has 2 aromatic carbocycles. The number of carbonyl (C=O) groups excluding carboxylic acids is 1. The fraction of sp³-hybridized carbons (Fsp3) is 0.211. The van der Waals surface area contributed by atoms with Crippen LogP contribution < -0.4 is 14.2 Å². The summed E-state index contributed by atoms with van der Waals surface area (Å²) in [5.74, 6) is 2.54. The smallest absolute Gasteiger partial charge is 0.231 e. The molecule has 3 heterocycles. The van der Waals surface area contributed by atoms with E-state index in [-0.39, 0.29) is 19.4 Å². The maximum Gasteiger partial charge on any atom is 0.231 e. The molecule has 6 nitrogen and oxygen atoms in total. The van der Waals surface area contributed by atoms with Crippen LogP contribution in [-0.4, -0.2) is 25.5 Å². The Morgan fingerprint density at radius 3 is 2.68 bits per heavy atom. The lowest BCUT2D eigenvalue weighted by molar-refractivity contribution is 0.0400. The van der Waals surface area contributed by atoms with Crippen LogP contribution in [0.4, 0.5) is 0 Å². The Morgan fingerprint density at radius 2 is 1.76 bits per heavy atom. The minimum atomic E-state index is -0.492. The maximum atomic E-state index is 13.3. The first-order valence-corrected chi connectivity index (χ1v) is 8.05. The van der Waals surface area contributed by atoms with Gasteiger partial charge in [-0.2, -0.15) is 0 Å². The van der Waals surface area contributed by atoms with E-state index in [4.69, 9.17) is 23.7 Å². The van der Waals surface area contributed by atoms with E-state index < -0.39 is 12.0 Å². The molecule has 25 heavy (non-hydrogen) atoms. The quantitative estimate of drug-likeness (QED) is 0.737. The maximum absolute atomic E-state index is 13.3. The molecule has 1 aliphatic carbocycles. The van der Waals surface area contributed by atoms with Gasteiger partial charge in [-0.05, 0) is 23.6 Å². The summed E-state index contributed by atoms with van der Waals surface area (Å²) in [6, 6.07) is 7.52. The Labute approximate surface area is 142 Å². The van der Waals surface area contributed by atoms with Crippen LogP contribution in [0.15, 0.2) is 47.9 Å². The third-order valence-corrected chi connectivity index (χ3v) is 5.00. The zero-order valence-electron chi connectivity index (χ0n) is 13.0. The van der Waals surface area contributed by atoms with Gasteiger partial charge in [0, 0.05) is 5.39 Å². The Balaban J connectivity index is 1.60. The number of fused-ring (bicyclic) bond motifs is 7. The second-order valence-electron chi connectivity index (χ2n) is 6.26. The number of hydrogen-bond acceptors (Lipinski definition) is 6. The summed E-state index contributed by atoms with van der Waals surface area (Å²) in [5.41, 5.74) is 0.536. The molecule has 6 rings (SSSR count). The van der Waals surface area contributed by atoms with E-state index >= 15 is 0 Å². The van der Waals surface area contributed by atoms with Crippen molar-refractivity contribution >= 4 is 16.6 Å². The lowest BCUT2D eigenvalue weighted by Crippen LogP contribution is -2.39. The minimum absolute atomic E-state index is 0.0148. The second-order valence-corrected chi connectivity index (χ2v) is 6.26. The highest BCUT2D eigenvalue weighted by Gasteiger charge is 2.45.